The van der Waals surface area contributed by atoms with E-state index in [-0.39, 0.29) is 35.2 Å². The predicted octanol–water partition coefficient (Wildman–Crippen LogP) is 2.01. The standard InChI is InChI=1S/C25H32N6O4/c1-15-5-10-21(17-6-8-19(9-7-17)28-16(2)24(34)30(3)4)31(14-15)25(35)23(33)29-20-11-18(22(26)32)12-27-13-20/h6-9,11-13,15-16,21,28H,5,10,14H2,1-4H3,(H2,26,32)(H,29,33)/t15-,16+,21+/m0/s1. The second-order valence-electron chi connectivity index (χ2n) is 9.16. The molecule has 10 nitrogen and oxygen atoms in total. The van der Waals surface area contributed by atoms with Gasteiger partial charge in [-0.15, -0.1) is 0 Å². The van der Waals surface area contributed by atoms with Gasteiger partial charge in [0, 0.05) is 32.5 Å². The smallest absolute Gasteiger partial charge is 0.313 e. The number of nitrogens with zero attached hydrogens (tertiary/aromatic N) is 3. The third kappa shape index (κ3) is 6.34. The van der Waals surface area contributed by atoms with E-state index in [1.54, 1.807) is 25.9 Å². The maximum atomic E-state index is 13.1. The first kappa shape index (κ1) is 25.7. The van der Waals surface area contributed by atoms with Gasteiger partial charge in [-0.05, 0) is 49.4 Å². The number of nitrogens with two attached hydrogens (primary N) is 1. The van der Waals surface area contributed by atoms with E-state index < -0.39 is 17.7 Å². The molecule has 10 heteroatoms. The zero-order valence-corrected chi connectivity index (χ0v) is 20.4. The van der Waals surface area contributed by atoms with Gasteiger partial charge in [-0.2, -0.15) is 0 Å². The number of primary amides is 1. The Kier molecular flexibility index (Phi) is 8.06. The normalized spacial score (nSPS) is 18.3. The maximum Gasteiger partial charge on any atom is 0.313 e. The second kappa shape index (κ2) is 11.0. The number of likely N-dealkylation sites (tertiary alicyclic amines) is 1. The molecule has 0 unspecified atom stereocenters. The Labute approximate surface area is 204 Å². The summed E-state index contributed by atoms with van der Waals surface area (Å²) in [4.78, 5) is 56.4. The van der Waals surface area contributed by atoms with Crippen LogP contribution in [0.4, 0.5) is 11.4 Å². The average Bonchev–Trinajstić information content (AvgIpc) is 2.83. The molecule has 2 heterocycles. The number of likely N-dealkylation sites (N-methyl/N-ethyl adjacent to an activating group) is 1. The zero-order valence-electron chi connectivity index (χ0n) is 20.4. The third-order valence-corrected chi connectivity index (χ3v) is 6.04. The molecule has 0 aliphatic carbocycles. The predicted molar refractivity (Wildman–Crippen MR) is 132 cm³/mol. The van der Waals surface area contributed by atoms with Crippen LogP contribution in [0.5, 0.6) is 0 Å². The van der Waals surface area contributed by atoms with E-state index in [2.05, 4.69) is 15.6 Å². The number of hydrogen-bond donors (Lipinski definition) is 3. The van der Waals surface area contributed by atoms with E-state index in [9.17, 15) is 19.2 Å². The van der Waals surface area contributed by atoms with Crippen LogP contribution in [-0.4, -0.2) is 65.1 Å². The van der Waals surface area contributed by atoms with Crippen LogP contribution in [-0.2, 0) is 14.4 Å². The van der Waals surface area contributed by atoms with E-state index in [0.29, 0.717) is 6.54 Å². The Bertz CT molecular complexity index is 1100. The number of aromatic nitrogens is 1. The van der Waals surface area contributed by atoms with Crippen molar-refractivity contribution in [2.75, 3.05) is 31.3 Å². The molecule has 1 aromatic carbocycles. The number of hydrogen-bond acceptors (Lipinski definition) is 6. The molecule has 3 rings (SSSR count). The number of carbonyl (C=O) groups excluding carboxylic acids is 4. The Morgan fingerprint density at radius 2 is 1.77 bits per heavy atom. The Balaban J connectivity index is 1.74. The molecular weight excluding hydrogens is 448 g/mol. The third-order valence-electron chi connectivity index (χ3n) is 6.04. The van der Waals surface area contributed by atoms with Crippen molar-refractivity contribution in [3.8, 4) is 0 Å². The number of benzene rings is 1. The lowest BCUT2D eigenvalue weighted by molar-refractivity contribution is -0.146. The van der Waals surface area contributed by atoms with E-state index in [1.807, 2.05) is 31.2 Å². The number of rotatable bonds is 6. The van der Waals surface area contributed by atoms with Crippen molar-refractivity contribution >= 4 is 35.0 Å². The van der Waals surface area contributed by atoms with E-state index in [4.69, 9.17) is 5.73 Å². The Hall–Kier alpha value is -3.95. The molecule has 0 radical (unpaired) electrons. The molecule has 2 aromatic rings. The van der Waals surface area contributed by atoms with E-state index in [1.165, 1.54) is 23.4 Å². The molecule has 186 valence electrons. The number of amides is 4. The highest BCUT2D eigenvalue weighted by atomic mass is 16.2. The van der Waals surface area contributed by atoms with Gasteiger partial charge in [-0.3, -0.25) is 24.2 Å². The van der Waals surface area contributed by atoms with Gasteiger partial charge in [-0.1, -0.05) is 19.1 Å². The lowest BCUT2D eigenvalue weighted by Gasteiger charge is -2.38. The highest BCUT2D eigenvalue weighted by molar-refractivity contribution is 6.39. The largest absolute Gasteiger partial charge is 0.374 e. The van der Waals surface area contributed by atoms with Gasteiger partial charge in [0.2, 0.25) is 11.8 Å². The maximum absolute atomic E-state index is 13.1. The van der Waals surface area contributed by atoms with Crippen molar-refractivity contribution in [1.29, 1.82) is 0 Å². The average molecular weight is 481 g/mol. The summed E-state index contributed by atoms with van der Waals surface area (Å²) in [7, 11) is 3.42. The van der Waals surface area contributed by atoms with Gasteiger partial charge >= 0.3 is 11.8 Å². The molecule has 1 saturated heterocycles. The minimum atomic E-state index is -0.804. The first-order valence-electron chi connectivity index (χ1n) is 11.5. The molecule has 1 aliphatic heterocycles. The van der Waals surface area contributed by atoms with Gasteiger partial charge in [0.25, 0.3) is 0 Å². The molecule has 3 atom stereocenters. The highest BCUT2D eigenvalue weighted by Gasteiger charge is 2.34. The van der Waals surface area contributed by atoms with Crippen molar-refractivity contribution in [3.63, 3.8) is 0 Å². The second-order valence-corrected chi connectivity index (χ2v) is 9.16. The molecule has 0 saturated carbocycles. The number of piperidine rings is 1. The monoisotopic (exact) mass is 480 g/mol. The molecule has 1 aromatic heterocycles. The zero-order chi connectivity index (χ0) is 25.7. The van der Waals surface area contributed by atoms with Crippen LogP contribution in [0.25, 0.3) is 0 Å². The number of carbonyl (C=O) groups is 4. The quantitative estimate of drug-likeness (QED) is 0.541. The molecular formula is C25H32N6O4. The van der Waals surface area contributed by atoms with Crippen LogP contribution in [0.3, 0.4) is 0 Å². The van der Waals surface area contributed by atoms with Crippen LogP contribution in [0.15, 0.2) is 42.7 Å². The SMILES string of the molecule is C[C@H]1CC[C@H](c2ccc(N[C@H](C)C(=O)N(C)C)cc2)N(C(=O)C(=O)Nc2cncc(C(N)=O)c2)C1. The fraction of sp³-hybridized carbons (Fsp3) is 0.400. The Morgan fingerprint density at radius 3 is 2.40 bits per heavy atom. The van der Waals surface area contributed by atoms with E-state index in [0.717, 1.165) is 24.1 Å². The van der Waals surface area contributed by atoms with Crippen LogP contribution < -0.4 is 16.4 Å². The lowest BCUT2D eigenvalue weighted by Crippen LogP contribution is -2.46. The van der Waals surface area contributed by atoms with Crippen LogP contribution >= 0.6 is 0 Å². The van der Waals surface area contributed by atoms with Crippen molar-refractivity contribution in [3.05, 3.63) is 53.9 Å². The summed E-state index contributed by atoms with van der Waals surface area (Å²) in [6.45, 7) is 4.29. The van der Waals surface area contributed by atoms with Crippen LogP contribution in [0, 0.1) is 5.92 Å². The summed E-state index contributed by atoms with van der Waals surface area (Å²) >= 11 is 0. The summed E-state index contributed by atoms with van der Waals surface area (Å²) in [6.07, 6.45) is 4.29. The first-order chi connectivity index (χ1) is 16.6. The fourth-order valence-electron chi connectivity index (χ4n) is 4.18. The van der Waals surface area contributed by atoms with Crippen molar-refractivity contribution in [2.24, 2.45) is 11.7 Å². The summed E-state index contributed by atoms with van der Waals surface area (Å²) in [6, 6.07) is 8.31. The summed E-state index contributed by atoms with van der Waals surface area (Å²) in [5, 5.41) is 5.70. The van der Waals surface area contributed by atoms with Crippen molar-refractivity contribution in [1.82, 2.24) is 14.8 Å². The topological polar surface area (TPSA) is 138 Å². The van der Waals surface area contributed by atoms with Gasteiger partial charge in [0.05, 0.1) is 23.5 Å². The molecule has 35 heavy (non-hydrogen) atoms. The highest BCUT2D eigenvalue weighted by Crippen LogP contribution is 2.34. The number of anilines is 2. The molecule has 0 spiro atoms. The molecule has 4 N–H and O–H groups in total. The van der Waals surface area contributed by atoms with Crippen LogP contribution in [0.1, 0.15) is 48.7 Å². The molecule has 1 aliphatic rings. The molecule has 4 amide bonds. The van der Waals surface area contributed by atoms with Gasteiger partial charge < -0.3 is 26.2 Å². The lowest BCUT2D eigenvalue weighted by atomic mass is 9.89. The minimum Gasteiger partial charge on any atom is -0.374 e. The van der Waals surface area contributed by atoms with E-state index >= 15 is 0 Å². The summed E-state index contributed by atoms with van der Waals surface area (Å²) < 4.78 is 0. The number of nitrogens with one attached hydrogen (secondary N) is 2. The Morgan fingerprint density at radius 1 is 1.09 bits per heavy atom. The van der Waals surface area contributed by atoms with Gasteiger partial charge in [-0.25, -0.2) is 0 Å². The van der Waals surface area contributed by atoms with Crippen LogP contribution in [0.2, 0.25) is 0 Å². The minimum absolute atomic E-state index is 0.0327. The van der Waals surface area contributed by atoms with Gasteiger partial charge in [0.15, 0.2) is 0 Å². The van der Waals surface area contributed by atoms with Gasteiger partial charge in [0.1, 0.15) is 6.04 Å². The fourth-order valence-corrected chi connectivity index (χ4v) is 4.18. The number of pyridine rings is 1. The molecule has 1 fully saturated rings. The van der Waals surface area contributed by atoms with Crippen molar-refractivity contribution < 1.29 is 19.2 Å². The molecule has 0 bridgehead atoms. The van der Waals surface area contributed by atoms with Crippen molar-refractivity contribution in [2.45, 2.75) is 38.8 Å². The first-order valence-corrected chi connectivity index (χ1v) is 11.5. The summed E-state index contributed by atoms with van der Waals surface area (Å²) in [5.41, 5.74) is 7.32. The summed E-state index contributed by atoms with van der Waals surface area (Å²) in [5.74, 6) is -1.92.